The first kappa shape index (κ1) is 9.59. The monoisotopic (exact) mass is 143 g/mol. The van der Waals surface area contributed by atoms with Crippen LogP contribution in [-0.4, -0.2) is 25.9 Å². The number of carbonyl (C=O) groups excluding carboxylic acids is 1. The Hall–Kier alpha value is -0.410. The fraction of sp³-hybridized carbons (Fsp3) is 0.857. The Bertz CT molecular complexity index is 85.7. The molecular formula is C7H15N2O. The maximum Gasteiger partial charge on any atom is 0.138 e. The van der Waals surface area contributed by atoms with Crippen LogP contribution in [0.1, 0.15) is 19.3 Å². The van der Waals surface area contributed by atoms with E-state index < -0.39 is 6.04 Å². The molecule has 0 aromatic heterocycles. The largest absolute Gasteiger partial charge is 0.320 e. The zero-order valence-corrected chi connectivity index (χ0v) is 6.39. The molecule has 59 valence electrons. The SMILES string of the molecule is CNCCCCC([NH])C=O. The molecule has 2 N–H and O–H groups in total. The van der Waals surface area contributed by atoms with E-state index in [2.05, 4.69) is 5.32 Å². The minimum absolute atomic E-state index is 0.503. The number of hydrogen-bond donors (Lipinski definition) is 1. The van der Waals surface area contributed by atoms with Crippen molar-refractivity contribution in [2.75, 3.05) is 13.6 Å². The lowest BCUT2D eigenvalue weighted by Gasteiger charge is -2.01. The first-order chi connectivity index (χ1) is 4.81. The van der Waals surface area contributed by atoms with Gasteiger partial charge in [-0.15, -0.1) is 0 Å². The Labute approximate surface area is 62.0 Å². The lowest BCUT2D eigenvalue weighted by Crippen LogP contribution is -2.12. The van der Waals surface area contributed by atoms with Crippen molar-refractivity contribution in [3.8, 4) is 0 Å². The van der Waals surface area contributed by atoms with Gasteiger partial charge in [0.1, 0.15) is 6.29 Å². The van der Waals surface area contributed by atoms with Crippen LogP contribution in [0.5, 0.6) is 0 Å². The first-order valence-electron chi connectivity index (χ1n) is 3.62. The van der Waals surface area contributed by atoms with Gasteiger partial charge in [-0.05, 0) is 26.4 Å². The topological polar surface area (TPSA) is 52.9 Å². The summed E-state index contributed by atoms with van der Waals surface area (Å²) in [6, 6.07) is -0.503. The molecule has 0 heterocycles. The van der Waals surface area contributed by atoms with Crippen molar-refractivity contribution in [1.82, 2.24) is 11.1 Å². The minimum Gasteiger partial charge on any atom is -0.320 e. The van der Waals surface area contributed by atoms with Crippen molar-refractivity contribution in [3.05, 3.63) is 0 Å². The fourth-order valence-electron chi connectivity index (χ4n) is 0.734. The quantitative estimate of drug-likeness (QED) is 0.427. The zero-order valence-electron chi connectivity index (χ0n) is 6.39. The van der Waals surface area contributed by atoms with E-state index in [-0.39, 0.29) is 0 Å². The van der Waals surface area contributed by atoms with Crippen LogP contribution in [0.15, 0.2) is 0 Å². The van der Waals surface area contributed by atoms with Crippen molar-refractivity contribution in [2.45, 2.75) is 25.3 Å². The van der Waals surface area contributed by atoms with Gasteiger partial charge in [0.15, 0.2) is 0 Å². The molecule has 3 heteroatoms. The lowest BCUT2D eigenvalue weighted by atomic mass is 10.1. The van der Waals surface area contributed by atoms with Gasteiger partial charge in [-0.2, -0.15) is 0 Å². The van der Waals surface area contributed by atoms with Crippen molar-refractivity contribution in [1.29, 1.82) is 0 Å². The maximum atomic E-state index is 9.97. The molecule has 0 aliphatic carbocycles. The fourth-order valence-corrected chi connectivity index (χ4v) is 0.734. The van der Waals surface area contributed by atoms with E-state index in [1.165, 1.54) is 0 Å². The Balaban J connectivity index is 2.95. The van der Waals surface area contributed by atoms with Gasteiger partial charge in [0.2, 0.25) is 0 Å². The lowest BCUT2D eigenvalue weighted by molar-refractivity contribution is -0.109. The highest BCUT2D eigenvalue weighted by Crippen LogP contribution is 1.96. The molecule has 0 aliphatic heterocycles. The summed E-state index contributed by atoms with van der Waals surface area (Å²) in [7, 11) is 1.90. The van der Waals surface area contributed by atoms with Crippen LogP contribution in [0.25, 0.3) is 0 Å². The molecule has 0 saturated carbocycles. The van der Waals surface area contributed by atoms with Gasteiger partial charge < -0.3 is 10.1 Å². The van der Waals surface area contributed by atoms with Gasteiger partial charge in [0.25, 0.3) is 0 Å². The van der Waals surface area contributed by atoms with Crippen molar-refractivity contribution in [2.24, 2.45) is 0 Å². The van der Waals surface area contributed by atoms with Gasteiger partial charge in [0, 0.05) is 0 Å². The van der Waals surface area contributed by atoms with E-state index >= 15 is 0 Å². The van der Waals surface area contributed by atoms with Crippen LogP contribution in [0, 0.1) is 0 Å². The highest BCUT2D eigenvalue weighted by atomic mass is 16.1. The van der Waals surface area contributed by atoms with Crippen molar-refractivity contribution < 1.29 is 4.79 Å². The summed E-state index contributed by atoms with van der Waals surface area (Å²) in [5.41, 5.74) is 7.07. The average molecular weight is 143 g/mol. The normalized spacial score (nSPS) is 13.0. The highest BCUT2D eigenvalue weighted by molar-refractivity contribution is 5.56. The molecule has 0 aromatic rings. The van der Waals surface area contributed by atoms with Crippen LogP contribution in [0.2, 0.25) is 0 Å². The van der Waals surface area contributed by atoms with E-state index in [0.717, 1.165) is 19.4 Å². The summed E-state index contributed by atoms with van der Waals surface area (Å²) in [5.74, 6) is 0. The third kappa shape index (κ3) is 5.72. The molecular weight excluding hydrogens is 128 g/mol. The zero-order chi connectivity index (χ0) is 7.82. The van der Waals surface area contributed by atoms with E-state index in [4.69, 9.17) is 5.73 Å². The van der Waals surface area contributed by atoms with Gasteiger partial charge in [-0.25, -0.2) is 5.73 Å². The molecule has 10 heavy (non-hydrogen) atoms. The number of nitrogens with one attached hydrogen (secondary N) is 2. The van der Waals surface area contributed by atoms with Crippen LogP contribution < -0.4 is 11.1 Å². The van der Waals surface area contributed by atoms with Gasteiger partial charge >= 0.3 is 0 Å². The van der Waals surface area contributed by atoms with Crippen molar-refractivity contribution >= 4 is 6.29 Å². The third-order valence-corrected chi connectivity index (χ3v) is 1.36. The molecule has 0 amide bonds. The molecule has 0 aromatic carbocycles. The molecule has 0 saturated heterocycles. The second-order valence-electron chi connectivity index (χ2n) is 2.34. The maximum absolute atomic E-state index is 9.97. The molecule has 0 aliphatic rings. The predicted octanol–water partition coefficient (Wildman–Crippen LogP) is 0.226. The Morgan fingerprint density at radius 2 is 2.30 bits per heavy atom. The molecule has 1 radical (unpaired) electrons. The number of rotatable bonds is 6. The Kier molecular flexibility index (Phi) is 6.43. The van der Waals surface area contributed by atoms with Crippen LogP contribution in [0.4, 0.5) is 0 Å². The summed E-state index contributed by atoms with van der Waals surface area (Å²) < 4.78 is 0. The molecule has 1 unspecified atom stereocenters. The summed E-state index contributed by atoms with van der Waals surface area (Å²) in [6.07, 6.45) is 3.41. The van der Waals surface area contributed by atoms with E-state index in [9.17, 15) is 4.79 Å². The molecule has 0 fully saturated rings. The smallest absolute Gasteiger partial charge is 0.138 e. The molecule has 3 nitrogen and oxygen atoms in total. The second kappa shape index (κ2) is 6.71. The summed E-state index contributed by atoms with van der Waals surface area (Å²) in [4.78, 5) is 9.97. The average Bonchev–Trinajstić information content (AvgIpc) is 1.98. The number of aldehydes is 1. The summed E-state index contributed by atoms with van der Waals surface area (Å²) in [6.45, 7) is 0.978. The van der Waals surface area contributed by atoms with Crippen LogP contribution in [-0.2, 0) is 4.79 Å². The standard InChI is InChI=1S/C7H15N2O/c1-9-5-3-2-4-7(8)6-10/h6-9H,2-5H2,1H3. The molecule has 0 spiro atoms. The summed E-state index contributed by atoms with van der Waals surface area (Å²) >= 11 is 0. The van der Waals surface area contributed by atoms with Gasteiger partial charge in [-0.1, -0.05) is 6.42 Å². The minimum atomic E-state index is -0.503. The number of hydrogen-bond acceptors (Lipinski definition) is 2. The highest BCUT2D eigenvalue weighted by Gasteiger charge is 1.98. The van der Waals surface area contributed by atoms with Crippen LogP contribution in [0.3, 0.4) is 0 Å². The number of unbranched alkanes of at least 4 members (excludes halogenated alkanes) is 1. The van der Waals surface area contributed by atoms with Gasteiger partial charge in [-0.3, -0.25) is 0 Å². The number of carbonyl (C=O) groups is 1. The Morgan fingerprint density at radius 3 is 2.80 bits per heavy atom. The van der Waals surface area contributed by atoms with E-state index in [1.54, 1.807) is 0 Å². The second-order valence-corrected chi connectivity index (χ2v) is 2.34. The summed E-state index contributed by atoms with van der Waals surface area (Å²) in [5, 5.41) is 3.01. The van der Waals surface area contributed by atoms with Crippen molar-refractivity contribution in [3.63, 3.8) is 0 Å². The third-order valence-electron chi connectivity index (χ3n) is 1.36. The predicted molar refractivity (Wildman–Crippen MR) is 40.7 cm³/mol. The Morgan fingerprint density at radius 1 is 1.60 bits per heavy atom. The van der Waals surface area contributed by atoms with E-state index in [1.807, 2.05) is 7.05 Å². The van der Waals surface area contributed by atoms with Gasteiger partial charge in [0.05, 0.1) is 6.04 Å². The van der Waals surface area contributed by atoms with E-state index in [0.29, 0.717) is 12.7 Å². The molecule has 1 atom stereocenters. The molecule has 0 bridgehead atoms. The first-order valence-corrected chi connectivity index (χ1v) is 3.62. The molecule has 0 rings (SSSR count). The van der Waals surface area contributed by atoms with Crippen LogP contribution >= 0.6 is 0 Å².